The molecule has 128 valence electrons. The van der Waals surface area contributed by atoms with E-state index in [0.29, 0.717) is 6.61 Å². The summed E-state index contributed by atoms with van der Waals surface area (Å²) in [4.78, 5) is 3.98. The summed E-state index contributed by atoms with van der Waals surface area (Å²) in [6.07, 6.45) is 6.08. The van der Waals surface area contributed by atoms with Gasteiger partial charge >= 0.3 is 0 Å². The number of hydrogen-bond donors (Lipinski definition) is 1. The Morgan fingerprint density at radius 2 is 1.96 bits per heavy atom. The van der Waals surface area contributed by atoms with Crippen LogP contribution in [0.4, 0.5) is 0 Å². The smallest absolute Gasteiger partial charge is 0.262 e. The van der Waals surface area contributed by atoms with E-state index in [1.54, 1.807) is 12.1 Å². The van der Waals surface area contributed by atoms with Gasteiger partial charge in [-0.1, -0.05) is 18.2 Å². The number of benzene rings is 1. The van der Waals surface area contributed by atoms with Gasteiger partial charge in [-0.15, -0.1) is 0 Å². The van der Waals surface area contributed by atoms with Crippen LogP contribution in [0.25, 0.3) is 0 Å². The number of sulfonamides is 1. The second-order valence-electron chi connectivity index (χ2n) is 5.87. The standard InChI is InChI=1S/C18H22N2O3S/c1-2-23-17-8-5-11-19-18(17)24(21,22)20-13-14-9-10-15-6-3-4-7-16(15)12-14/h5,8-12,20H,2-4,6-7,13H2,1H3. The van der Waals surface area contributed by atoms with Crippen molar-refractivity contribution in [2.24, 2.45) is 0 Å². The number of rotatable bonds is 6. The maximum atomic E-state index is 12.5. The molecule has 1 aliphatic carbocycles. The van der Waals surface area contributed by atoms with Gasteiger partial charge in [-0.2, -0.15) is 0 Å². The first-order chi connectivity index (χ1) is 11.6. The van der Waals surface area contributed by atoms with E-state index < -0.39 is 10.0 Å². The fraction of sp³-hybridized carbons (Fsp3) is 0.389. The van der Waals surface area contributed by atoms with Gasteiger partial charge in [0, 0.05) is 12.7 Å². The fourth-order valence-corrected chi connectivity index (χ4v) is 4.07. The monoisotopic (exact) mass is 346 g/mol. The van der Waals surface area contributed by atoms with E-state index in [2.05, 4.69) is 21.8 Å². The average Bonchev–Trinajstić information content (AvgIpc) is 2.60. The number of hydrogen-bond acceptors (Lipinski definition) is 4. The number of nitrogens with one attached hydrogen (secondary N) is 1. The largest absolute Gasteiger partial charge is 0.491 e. The number of aryl methyl sites for hydroxylation is 2. The van der Waals surface area contributed by atoms with E-state index in [-0.39, 0.29) is 17.3 Å². The highest BCUT2D eigenvalue weighted by molar-refractivity contribution is 7.89. The predicted octanol–water partition coefficient (Wildman–Crippen LogP) is 2.84. The van der Waals surface area contributed by atoms with Crippen LogP contribution in [0.15, 0.2) is 41.6 Å². The van der Waals surface area contributed by atoms with Crippen molar-refractivity contribution in [2.75, 3.05) is 6.61 Å². The predicted molar refractivity (Wildman–Crippen MR) is 92.5 cm³/mol. The molecule has 5 nitrogen and oxygen atoms in total. The highest BCUT2D eigenvalue weighted by Crippen LogP contribution is 2.23. The zero-order valence-corrected chi connectivity index (χ0v) is 14.6. The van der Waals surface area contributed by atoms with Gasteiger partial charge in [0.15, 0.2) is 5.75 Å². The highest BCUT2D eigenvalue weighted by atomic mass is 32.2. The van der Waals surface area contributed by atoms with Gasteiger partial charge in [0.2, 0.25) is 5.03 Å². The molecule has 6 heteroatoms. The number of aromatic nitrogens is 1. The van der Waals surface area contributed by atoms with Crippen molar-refractivity contribution in [3.05, 3.63) is 53.2 Å². The van der Waals surface area contributed by atoms with Crippen LogP contribution in [-0.4, -0.2) is 20.0 Å². The number of nitrogens with zero attached hydrogens (tertiary/aromatic N) is 1. The molecule has 24 heavy (non-hydrogen) atoms. The highest BCUT2D eigenvalue weighted by Gasteiger charge is 2.21. The van der Waals surface area contributed by atoms with Gasteiger partial charge in [-0.3, -0.25) is 0 Å². The molecule has 3 rings (SSSR count). The Kier molecular flexibility index (Phi) is 5.16. The molecule has 0 radical (unpaired) electrons. The third-order valence-corrected chi connectivity index (χ3v) is 5.51. The van der Waals surface area contributed by atoms with Crippen molar-refractivity contribution in [2.45, 2.75) is 44.2 Å². The van der Waals surface area contributed by atoms with E-state index in [1.807, 2.05) is 13.0 Å². The van der Waals surface area contributed by atoms with Gasteiger partial charge in [-0.05, 0) is 61.4 Å². The fourth-order valence-electron chi connectivity index (χ4n) is 2.99. The molecule has 0 saturated carbocycles. The Morgan fingerprint density at radius 3 is 2.75 bits per heavy atom. The van der Waals surface area contributed by atoms with Gasteiger partial charge in [-0.25, -0.2) is 18.1 Å². The lowest BCUT2D eigenvalue weighted by Crippen LogP contribution is -2.25. The van der Waals surface area contributed by atoms with Crippen molar-refractivity contribution < 1.29 is 13.2 Å². The van der Waals surface area contributed by atoms with Crippen LogP contribution in [0.2, 0.25) is 0 Å². The summed E-state index contributed by atoms with van der Waals surface area (Å²) in [6, 6.07) is 9.50. The van der Waals surface area contributed by atoms with Crippen molar-refractivity contribution >= 4 is 10.0 Å². The quantitative estimate of drug-likeness (QED) is 0.873. The minimum atomic E-state index is -3.72. The maximum Gasteiger partial charge on any atom is 0.262 e. The first-order valence-electron chi connectivity index (χ1n) is 8.28. The van der Waals surface area contributed by atoms with Crippen LogP contribution >= 0.6 is 0 Å². The van der Waals surface area contributed by atoms with Gasteiger partial charge in [0.05, 0.1) is 6.61 Å². The molecule has 0 atom stereocenters. The van der Waals surface area contributed by atoms with Crippen molar-refractivity contribution in [3.8, 4) is 5.75 Å². The van der Waals surface area contributed by atoms with Crippen LogP contribution in [0.3, 0.4) is 0 Å². The molecule has 0 bridgehead atoms. The van der Waals surface area contributed by atoms with Crippen molar-refractivity contribution in [3.63, 3.8) is 0 Å². The normalized spacial score (nSPS) is 14.2. The van der Waals surface area contributed by atoms with Crippen LogP contribution < -0.4 is 9.46 Å². The molecule has 1 aliphatic rings. The lowest BCUT2D eigenvalue weighted by molar-refractivity contribution is 0.328. The topological polar surface area (TPSA) is 68.3 Å². The molecular formula is C18H22N2O3S. The van der Waals surface area contributed by atoms with E-state index in [4.69, 9.17) is 4.74 Å². The molecule has 0 aliphatic heterocycles. The summed E-state index contributed by atoms with van der Waals surface area (Å²) < 4.78 is 33.1. The second-order valence-corrected chi connectivity index (χ2v) is 7.56. The molecule has 1 aromatic heterocycles. The first kappa shape index (κ1) is 16.9. The summed E-state index contributed by atoms with van der Waals surface area (Å²) in [5.74, 6) is 0.276. The Balaban J connectivity index is 1.76. The Hall–Kier alpha value is -1.92. The third-order valence-electron chi connectivity index (χ3n) is 4.17. The molecular weight excluding hydrogens is 324 g/mol. The molecule has 2 aromatic rings. The Labute approximate surface area is 143 Å². The molecule has 0 spiro atoms. The molecule has 0 unspecified atom stereocenters. The average molecular weight is 346 g/mol. The molecule has 1 aromatic carbocycles. The second kappa shape index (κ2) is 7.32. The summed E-state index contributed by atoms with van der Waals surface area (Å²) in [5.41, 5.74) is 3.69. The lowest BCUT2D eigenvalue weighted by atomic mass is 9.90. The van der Waals surface area contributed by atoms with E-state index in [1.165, 1.54) is 30.2 Å². The van der Waals surface area contributed by atoms with Crippen LogP contribution in [-0.2, 0) is 29.4 Å². The van der Waals surface area contributed by atoms with Crippen LogP contribution in [0.1, 0.15) is 36.5 Å². The summed E-state index contributed by atoms with van der Waals surface area (Å²) in [6.45, 7) is 2.45. The van der Waals surface area contributed by atoms with Crippen LogP contribution in [0, 0.1) is 0 Å². The zero-order valence-electron chi connectivity index (χ0n) is 13.8. The lowest BCUT2D eigenvalue weighted by Gasteiger charge is -2.17. The number of pyridine rings is 1. The van der Waals surface area contributed by atoms with Gasteiger partial charge in [0.25, 0.3) is 10.0 Å². The SMILES string of the molecule is CCOc1cccnc1S(=O)(=O)NCc1ccc2c(c1)CCCC2. The van der Waals surface area contributed by atoms with Crippen molar-refractivity contribution in [1.29, 1.82) is 0 Å². The van der Waals surface area contributed by atoms with E-state index in [9.17, 15) is 8.42 Å². The summed E-state index contributed by atoms with van der Waals surface area (Å²) in [7, 11) is -3.72. The van der Waals surface area contributed by atoms with Crippen LogP contribution in [0.5, 0.6) is 5.75 Å². The van der Waals surface area contributed by atoms with Crippen molar-refractivity contribution in [1.82, 2.24) is 9.71 Å². The van der Waals surface area contributed by atoms with Gasteiger partial charge < -0.3 is 4.74 Å². The third kappa shape index (κ3) is 3.76. The number of ether oxygens (including phenoxy) is 1. The Bertz CT molecular complexity index is 819. The minimum Gasteiger partial charge on any atom is -0.491 e. The molecule has 0 fully saturated rings. The molecule has 1 N–H and O–H groups in total. The summed E-state index contributed by atoms with van der Waals surface area (Å²) >= 11 is 0. The Morgan fingerprint density at radius 1 is 1.17 bits per heavy atom. The summed E-state index contributed by atoms with van der Waals surface area (Å²) in [5, 5.41) is -0.0650. The number of fused-ring (bicyclic) bond motifs is 1. The minimum absolute atomic E-state index is 0.0650. The molecule has 1 heterocycles. The first-order valence-corrected chi connectivity index (χ1v) is 9.76. The maximum absolute atomic E-state index is 12.5. The zero-order chi connectivity index (χ0) is 17.0. The molecule has 0 saturated heterocycles. The van der Waals surface area contributed by atoms with E-state index >= 15 is 0 Å². The van der Waals surface area contributed by atoms with Gasteiger partial charge in [0.1, 0.15) is 0 Å². The molecule has 0 amide bonds. The van der Waals surface area contributed by atoms with E-state index in [0.717, 1.165) is 18.4 Å².